The standard InChI is InChI=1S/C13H16N2O2/c1-2-17-13(16)15-7-5-10-3-4-11-6-8-14-12(11)9-10/h3-4,6,8-9,14H,2,5,7H2,1H3,(H,15,16). The maximum absolute atomic E-state index is 11.1. The zero-order chi connectivity index (χ0) is 12.1. The average molecular weight is 232 g/mol. The molecule has 0 fully saturated rings. The van der Waals surface area contributed by atoms with Gasteiger partial charge in [0.2, 0.25) is 0 Å². The van der Waals surface area contributed by atoms with Gasteiger partial charge in [-0.15, -0.1) is 0 Å². The maximum Gasteiger partial charge on any atom is 0.407 e. The fourth-order valence-corrected chi connectivity index (χ4v) is 1.74. The number of rotatable bonds is 4. The quantitative estimate of drug-likeness (QED) is 0.850. The van der Waals surface area contributed by atoms with Crippen molar-refractivity contribution in [3.05, 3.63) is 36.0 Å². The van der Waals surface area contributed by atoms with Gasteiger partial charge in [-0.1, -0.05) is 12.1 Å². The number of aromatic nitrogens is 1. The van der Waals surface area contributed by atoms with Crippen LogP contribution in [0.4, 0.5) is 4.79 Å². The number of ether oxygens (including phenoxy) is 1. The monoisotopic (exact) mass is 232 g/mol. The maximum atomic E-state index is 11.1. The first-order valence-corrected chi connectivity index (χ1v) is 5.76. The van der Waals surface area contributed by atoms with Crippen LogP contribution in [-0.2, 0) is 11.2 Å². The lowest BCUT2D eigenvalue weighted by atomic mass is 10.1. The van der Waals surface area contributed by atoms with Gasteiger partial charge in [-0.25, -0.2) is 4.79 Å². The summed E-state index contributed by atoms with van der Waals surface area (Å²) in [7, 11) is 0. The van der Waals surface area contributed by atoms with Gasteiger partial charge in [0.15, 0.2) is 0 Å². The topological polar surface area (TPSA) is 54.1 Å². The van der Waals surface area contributed by atoms with Gasteiger partial charge < -0.3 is 15.0 Å². The predicted octanol–water partition coefficient (Wildman–Crippen LogP) is 2.46. The molecule has 2 rings (SSSR count). The molecule has 1 heterocycles. The van der Waals surface area contributed by atoms with Crippen LogP contribution in [0.2, 0.25) is 0 Å². The lowest BCUT2D eigenvalue weighted by Crippen LogP contribution is -2.26. The van der Waals surface area contributed by atoms with Gasteiger partial charge >= 0.3 is 6.09 Å². The van der Waals surface area contributed by atoms with Crippen LogP contribution in [0.1, 0.15) is 12.5 Å². The summed E-state index contributed by atoms with van der Waals surface area (Å²) in [5, 5.41) is 3.90. The Morgan fingerprint density at radius 3 is 3.12 bits per heavy atom. The molecule has 0 aliphatic carbocycles. The third-order valence-corrected chi connectivity index (χ3v) is 2.58. The van der Waals surface area contributed by atoms with Crippen LogP contribution in [-0.4, -0.2) is 24.2 Å². The van der Waals surface area contributed by atoms with Crippen molar-refractivity contribution in [2.24, 2.45) is 0 Å². The zero-order valence-corrected chi connectivity index (χ0v) is 9.82. The summed E-state index contributed by atoms with van der Waals surface area (Å²) in [6.07, 6.45) is 2.37. The summed E-state index contributed by atoms with van der Waals surface area (Å²) in [5.41, 5.74) is 2.32. The number of aromatic amines is 1. The predicted molar refractivity (Wildman–Crippen MR) is 67.0 cm³/mol. The van der Waals surface area contributed by atoms with Crippen LogP contribution in [0.3, 0.4) is 0 Å². The van der Waals surface area contributed by atoms with E-state index in [2.05, 4.69) is 28.5 Å². The number of fused-ring (bicyclic) bond motifs is 1. The second-order valence-corrected chi connectivity index (χ2v) is 3.80. The minimum Gasteiger partial charge on any atom is -0.450 e. The lowest BCUT2D eigenvalue weighted by Gasteiger charge is -2.05. The molecule has 90 valence electrons. The molecule has 0 aliphatic rings. The molecule has 1 amide bonds. The highest BCUT2D eigenvalue weighted by Crippen LogP contribution is 2.14. The van der Waals surface area contributed by atoms with E-state index in [1.54, 1.807) is 6.92 Å². The molecule has 2 aromatic rings. The van der Waals surface area contributed by atoms with Crippen molar-refractivity contribution in [2.75, 3.05) is 13.2 Å². The molecule has 1 aromatic heterocycles. The SMILES string of the molecule is CCOC(=O)NCCc1ccc2cc[nH]c2c1. The summed E-state index contributed by atoms with van der Waals surface area (Å²) in [4.78, 5) is 14.2. The van der Waals surface area contributed by atoms with Crippen molar-refractivity contribution < 1.29 is 9.53 Å². The number of carbonyl (C=O) groups excluding carboxylic acids is 1. The van der Waals surface area contributed by atoms with Gasteiger partial charge in [0, 0.05) is 18.3 Å². The van der Waals surface area contributed by atoms with Crippen LogP contribution in [0.25, 0.3) is 10.9 Å². The molecule has 0 atom stereocenters. The summed E-state index contributed by atoms with van der Waals surface area (Å²) >= 11 is 0. The molecule has 0 unspecified atom stereocenters. The van der Waals surface area contributed by atoms with E-state index in [4.69, 9.17) is 4.74 Å². The Labute approximate surface area is 100.0 Å². The number of H-pyrrole nitrogens is 1. The molecule has 4 heteroatoms. The molecule has 4 nitrogen and oxygen atoms in total. The van der Waals surface area contributed by atoms with E-state index in [1.807, 2.05) is 12.3 Å². The Morgan fingerprint density at radius 1 is 1.41 bits per heavy atom. The normalized spacial score (nSPS) is 10.4. The molecule has 1 aromatic carbocycles. The molecular formula is C13H16N2O2. The Morgan fingerprint density at radius 2 is 2.29 bits per heavy atom. The number of benzene rings is 1. The van der Waals surface area contributed by atoms with Crippen molar-refractivity contribution >= 4 is 17.0 Å². The number of alkyl carbamates (subject to hydrolysis) is 1. The number of amides is 1. The van der Waals surface area contributed by atoms with Gasteiger partial charge in [-0.05, 0) is 36.4 Å². The van der Waals surface area contributed by atoms with E-state index in [0.29, 0.717) is 13.2 Å². The van der Waals surface area contributed by atoms with Crippen molar-refractivity contribution in [1.29, 1.82) is 0 Å². The van der Waals surface area contributed by atoms with Crippen LogP contribution in [0.5, 0.6) is 0 Å². The van der Waals surface area contributed by atoms with Gasteiger partial charge in [0.05, 0.1) is 6.61 Å². The number of carbonyl (C=O) groups is 1. The van der Waals surface area contributed by atoms with Crippen LogP contribution in [0, 0.1) is 0 Å². The summed E-state index contributed by atoms with van der Waals surface area (Å²) < 4.78 is 4.78. The minimum absolute atomic E-state index is 0.353. The fourth-order valence-electron chi connectivity index (χ4n) is 1.74. The molecule has 0 bridgehead atoms. The highest BCUT2D eigenvalue weighted by molar-refractivity contribution is 5.79. The molecule has 0 radical (unpaired) electrons. The molecular weight excluding hydrogens is 216 g/mol. The van der Waals surface area contributed by atoms with Gasteiger partial charge in [-0.3, -0.25) is 0 Å². The fraction of sp³-hybridized carbons (Fsp3) is 0.308. The smallest absolute Gasteiger partial charge is 0.407 e. The largest absolute Gasteiger partial charge is 0.450 e. The molecule has 0 saturated heterocycles. The van der Waals surface area contributed by atoms with Gasteiger partial charge in [0.25, 0.3) is 0 Å². The Kier molecular flexibility index (Phi) is 3.65. The third kappa shape index (κ3) is 3.00. The highest BCUT2D eigenvalue weighted by Gasteiger charge is 2.00. The molecule has 2 N–H and O–H groups in total. The van der Waals surface area contributed by atoms with E-state index >= 15 is 0 Å². The average Bonchev–Trinajstić information content (AvgIpc) is 2.76. The number of hydrogen-bond donors (Lipinski definition) is 2. The van der Waals surface area contributed by atoms with Gasteiger partial charge in [-0.2, -0.15) is 0 Å². The molecule has 0 saturated carbocycles. The first kappa shape index (κ1) is 11.5. The molecule has 0 spiro atoms. The van der Waals surface area contributed by atoms with Crippen molar-refractivity contribution in [3.63, 3.8) is 0 Å². The Balaban J connectivity index is 1.88. The third-order valence-electron chi connectivity index (χ3n) is 2.58. The van der Waals surface area contributed by atoms with E-state index in [9.17, 15) is 4.79 Å². The van der Waals surface area contributed by atoms with Crippen LogP contribution >= 0.6 is 0 Å². The minimum atomic E-state index is -0.353. The summed E-state index contributed by atoms with van der Waals surface area (Å²) in [5.74, 6) is 0. The van der Waals surface area contributed by atoms with E-state index in [-0.39, 0.29) is 6.09 Å². The van der Waals surface area contributed by atoms with Crippen LogP contribution < -0.4 is 5.32 Å². The second-order valence-electron chi connectivity index (χ2n) is 3.80. The van der Waals surface area contributed by atoms with Gasteiger partial charge in [0.1, 0.15) is 0 Å². The zero-order valence-electron chi connectivity index (χ0n) is 9.82. The van der Waals surface area contributed by atoms with Crippen molar-refractivity contribution in [1.82, 2.24) is 10.3 Å². The Bertz CT molecular complexity index is 505. The van der Waals surface area contributed by atoms with E-state index in [0.717, 1.165) is 11.9 Å². The number of hydrogen-bond acceptors (Lipinski definition) is 2. The second kappa shape index (κ2) is 5.39. The van der Waals surface area contributed by atoms with Crippen LogP contribution in [0.15, 0.2) is 30.5 Å². The summed E-state index contributed by atoms with van der Waals surface area (Å²) in [6, 6.07) is 8.28. The Hall–Kier alpha value is -1.97. The molecule has 0 aliphatic heterocycles. The first-order valence-electron chi connectivity index (χ1n) is 5.76. The first-order chi connectivity index (χ1) is 8.29. The van der Waals surface area contributed by atoms with Crippen molar-refractivity contribution in [3.8, 4) is 0 Å². The van der Waals surface area contributed by atoms with E-state index < -0.39 is 0 Å². The summed E-state index contributed by atoms with van der Waals surface area (Å²) in [6.45, 7) is 2.78. The highest BCUT2D eigenvalue weighted by atomic mass is 16.5. The number of nitrogens with one attached hydrogen (secondary N) is 2. The lowest BCUT2D eigenvalue weighted by molar-refractivity contribution is 0.152. The molecule has 17 heavy (non-hydrogen) atoms. The van der Waals surface area contributed by atoms with E-state index in [1.165, 1.54) is 10.9 Å². The van der Waals surface area contributed by atoms with Crippen molar-refractivity contribution in [2.45, 2.75) is 13.3 Å².